The zero-order valence-corrected chi connectivity index (χ0v) is 36.4. The zero-order chi connectivity index (χ0) is 49.7. The fourth-order valence-electron chi connectivity index (χ4n) is 9.44. The van der Waals surface area contributed by atoms with E-state index in [1.807, 2.05) is 0 Å². The van der Waals surface area contributed by atoms with Crippen molar-refractivity contribution in [1.82, 2.24) is 0 Å². The van der Waals surface area contributed by atoms with E-state index in [1.165, 1.54) is 25.1 Å². The molecule has 5 aliphatic heterocycles. The van der Waals surface area contributed by atoms with E-state index in [0.717, 1.165) is 12.1 Å². The van der Waals surface area contributed by atoms with Crippen LogP contribution in [0.3, 0.4) is 0 Å². The first kappa shape index (κ1) is 49.5. The number of phenols is 2. The second kappa shape index (κ2) is 18.6. The Hall–Kier alpha value is -4.43. The van der Waals surface area contributed by atoms with E-state index < -0.39 is 177 Å². The summed E-state index contributed by atoms with van der Waals surface area (Å²) in [5, 5.41) is 161. The molecule has 378 valence electrons. The van der Waals surface area contributed by atoms with Gasteiger partial charge in [0.2, 0.25) is 12.6 Å². The van der Waals surface area contributed by atoms with Gasteiger partial charge in [0.15, 0.2) is 18.4 Å². The number of aromatic hydroxyl groups is 2. The number of Topliss-reactive ketones (excluding diaryl/α,β-unsaturated/α-hetero) is 1. The Morgan fingerprint density at radius 1 is 0.580 bits per heavy atom. The van der Waals surface area contributed by atoms with Crippen LogP contribution in [-0.4, -0.2) is 219 Å². The van der Waals surface area contributed by atoms with Crippen LogP contribution in [0.25, 0.3) is 16.3 Å². The van der Waals surface area contributed by atoms with Gasteiger partial charge in [-0.05, 0) is 55.3 Å². The summed E-state index contributed by atoms with van der Waals surface area (Å²) in [6.45, 7) is 0.847. The van der Waals surface area contributed by atoms with Gasteiger partial charge < -0.3 is 119 Å². The molecule has 0 saturated carbocycles. The largest absolute Gasteiger partial charge is 0.507 e. The van der Waals surface area contributed by atoms with Gasteiger partial charge in [0.05, 0.1) is 42.9 Å². The van der Waals surface area contributed by atoms with Crippen molar-refractivity contribution >= 4 is 22.1 Å². The van der Waals surface area contributed by atoms with Gasteiger partial charge in [0.1, 0.15) is 114 Å². The van der Waals surface area contributed by atoms with Crippen LogP contribution in [0.2, 0.25) is 0 Å². The van der Waals surface area contributed by atoms with E-state index in [-0.39, 0.29) is 44.5 Å². The van der Waals surface area contributed by atoms with Crippen molar-refractivity contribution in [2.45, 2.75) is 130 Å². The molecule has 15 N–H and O–H groups in total. The number of carbonyl (C=O) groups is 1. The number of aliphatic hydroxyl groups is 13. The average Bonchev–Trinajstić information content (AvgIpc) is 3.31. The van der Waals surface area contributed by atoms with Crippen LogP contribution >= 0.6 is 0 Å². The molecule has 25 nitrogen and oxygen atoms in total. The van der Waals surface area contributed by atoms with Crippen LogP contribution in [0.5, 0.6) is 28.7 Å². The number of hydrogen-bond donors (Lipinski definition) is 15. The van der Waals surface area contributed by atoms with Crippen LogP contribution in [-0.2, 0) is 34.2 Å². The summed E-state index contributed by atoms with van der Waals surface area (Å²) in [4.78, 5) is 14.4. The van der Waals surface area contributed by atoms with Crippen molar-refractivity contribution in [2.24, 2.45) is 0 Å². The smallest absolute Gasteiger partial charge is 0.267 e. The van der Waals surface area contributed by atoms with Crippen molar-refractivity contribution < 1.29 is 124 Å². The third kappa shape index (κ3) is 8.28. The topological polar surface area (TPSA) is 404 Å². The average molecular weight is 981 g/mol. The third-order valence-corrected chi connectivity index (χ3v) is 13.2. The number of fused-ring (bicyclic) bond motifs is 4. The highest BCUT2D eigenvalue weighted by atomic mass is 16.7. The number of phenolic OH excluding ortho intramolecular Hbond substituents is 2. The van der Waals surface area contributed by atoms with Gasteiger partial charge in [-0.25, -0.2) is 0 Å². The molecule has 0 bridgehead atoms. The number of allylic oxidation sites excluding steroid dienone is 1. The van der Waals surface area contributed by atoms with Gasteiger partial charge in [-0.3, -0.25) is 4.79 Å². The molecular formula is C44H52O25. The van der Waals surface area contributed by atoms with Crippen molar-refractivity contribution in [3.63, 3.8) is 0 Å². The monoisotopic (exact) mass is 980 g/mol. The number of carbonyl (C=O) groups excluding carboxylic acids is 1. The summed E-state index contributed by atoms with van der Waals surface area (Å²) >= 11 is 0. The molecule has 1 aliphatic carbocycles. The quantitative estimate of drug-likeness (QED) is 0.0905. The normalized spacial score (nSPS) is 40.0. The summed E-state index contributed by atoms with van der Waals surface area (Å²) in [5.74, 6) is -5.43. The van der Waals surface area contributed by atoms with Gasteiger partial charge in [-0.1, -0.05) is 0 Å². The van der Waals surface area contributed by atoms with E-state index in [2.05, 4.69) is 0 Å². The molecule has 4 fully saturated rings. The van der Waals surface area contributed by atoms with E-state index in [1.54, 1.807) is 6.92 Å². The number of hydrogen-bond acceptors (Lipinski definition) is 25. The maximum Gasteiger partial charge on any atom is 0.267 e. The number of ether oxygens (including phenoxy) is 9. The summed E-state index contributed by atoms with van der Waals surface area (Å²) in [6, 6.07) is 5.97. The van der Waals surface area contributed by atoms with E-state index in [0.29, 0.717) is 0 Å². The highest BCUT2D eigenvalue weighted by Gasteiger charge is 2.55. The lowest BCUT2D eigenvalue weighted by Crippen LogP contribution is -2.61. The van der Waals surface area contributed by atoms with Gasteiger partial charge in [-0.2, -0.15) is 0 Å². The predicted molar refractivity (Wildman–Crippen MR) is 222 cm³/mol. The molecule has 25 heteroatoms. The van der Waals surface area contributed by atoms with Crippen molar-refractivity contribution in [2.75, 3.05) is 26.4 Å². The van der Waals surface area contributed by atoms with Crippen LogP contribution in [0, 0.1) is 6.92 Å². The maximum absolute atomic E-state index is 14.4. The zero-order valence-electron chi connectivity index (χ0n) is 36.4. The second-order valence-corrected chi connectivity index (χ2v) is 17.7. The minimum absolute atomic E-state index is 0.0536. The highest BCUT2D eigenvalue weighted by Crippen LogP contribution is 2.59. The highest BCUT2D eigenvalue weighted by molar-refractivity contribution is 6.21. The first-order valence-corrected chi connectivity index (χ1v) is 21.7. The van der Waals surface area contributed by atoms with E-state index in [4.69, 9.17) is 42.6 Å². The maximum atomic E-state index is 14.4. The third-order valence-electron chi connectivity index (χ3n) is 13.2. The molecule has 0 amide bonds. The van der Waals surface area contributed by atoms with Crippen LogP contribution < -0.4 is 14.2 Å². The molecular weight excluding hydrogens is 928 g/mol. The Morgan fingerprint density at radius 3 is 1.61 bits per heavy atom. The SMILES string of the molecule is CC1=C2c3c(C)cc(O)c4c(O[C@@H]5O[C@H](CO[C@@H]6OC[C@@H](O)[C@H](O)[C@H]6O)[C@@H](O)[C@H](O)[C@H]5O)ccc(c34)O[C@@]2(O)c2c(O[C@@H]3O[C@H](CO[C@@H]4OC[C@@H](O)[C@H](O)[C@H]4O)[C@@H](O)[C@H](O)[C@H]3O)ccc(O)c2C1=O. The molecule has 0 aromatic heterocycles. The van der Waals surface area contributed by atoms with Gasteiger partial charge in [0, 0.05) is 16.5 Å². The number of aryl methyl sites for hydroxylation is 1. The number of ketones is 1. The Kier molecular flexibility index (Phi) is 13.4. The summed E-state index contributed by atoms with van der Waals surface area (Å²) in [6.07, 6.45) is -30.6. The lowest BCUT2D eigenvalue weighted by Gasteiger charge is -2.44. The molecule has 0 unspecified atom stereocenters. The summed E-state index contributed by atoms with van der Waals surface area (Å²) in [5.41, 5.74) is -0.971. The van der Waals surface area contributed by atoms with Gasteiger partial charge in [-0.15, -0.1) is 0 Å². The van der Waals surface area contributed by atoms with E-state index in [9.17, 15) is 81.4 Å². The Morgan fingerprint density at radius 2 is 1.07 bits per heavy atom. The van der Waals surface area contributed by atoms with Crippen LogP contribution in [0.15, 0.2) is 35.9 Å². The van der Waals surface area contributed by atoms with Crippen molar-refractivity contribution in [3.8, 4) is 28.7 Å². The molecule has 6 aliphatic rings. The number of rotatable bonds is 10. The molecule has 5 heterocycles. The van der Waals surface area contributed by atoms with Crippen LogP contribution in [0.4, 0.5) is 0 Å². The van der Waals surface area contributed by atoms with Crippen LogP contribution in [0.1, 0.15) is 34.0 Å². The standard InChI is InChI=1S/C44H52O25/c1-12-7-15(46)24-18(65-42-38(58)34(54)32(52)21(67-42)10-63-40-36(56)30(50)16(47)8-61-40)5-6-19-26(24)23(12)27-13(2)29(49)25-14(45)3-4-20(28(25)44(27,60)69-19)66-43-39(59)35(55)33(53)22(68-43)11-64-41-37(57)31(51)17(48)9-62-41/h3-7,16-17,21-22,30-43,45-48,50-60H,8-11H2,1-2H3/t16-,17-,21-,22-,30+,31+,32-,33-,34+,35+,36-,37-,38-,39-,40+,41+,42-,43-,44-/m1/s1. The number of benzene rings is 3. The molecule has 4 saturated heterocycles. The Bertz CT molecular complexity index is 2480. The van der Waals surface area contributed by atoms with Crippen molar-refractivity contribution in [1.29, 1.82) is 0 Å². The lowest BCUT2D eigenvalue weighted by atomic mass is 9.74. The van der Waals surface area contributed by atoms with Gasteiger partial charge in [0.25, 0.3) is 5.79 Å². The van der Waals surface area contributed by atoms with E-state index >= 15 is 0 Å². The minimum atomic E-state index is -2.73. The molecule has 19 atom stereocenters. The minimum Gasteiger partial charge on any atom is -0.507 e. The summed E-state index contributed by atoms with van der Waals surface area (Å²) < 4.78 is 51.6. The number of aliphatic hydroxyl groups excluding tert-OH is 12. The fourth-order valence-corrected chi connectivity index (χ4v) is 9.44. The molecule has 69 heavy (non-hydrogen) atoms. The first-order valence-electron chi connectivity index (χ1n) is 21.7. The Labute approximate surface area is 389 Å². The fraction of sp³-hybridized carbons (Fsp3) is 0.568. The second-order valence-electron chi connectivity index (χ2n) is 17.7. The van der Waals surface area contributed by atoms with Crippen molar-refractivity contribution in [3.05, 3.63) is 58.2 Å². The summed E-state index contributed by atoms with van der Waals surface area (Å²) in [7, 11) is 0. The molecule has 9 rings (SSSR count). The molecule has 0 radical (unpaired) electrons. The first-order chi connectivity index (χ1) is 32.6. The molecule has 3 aromatic rings. The predicted octanol–water partition coefficient (Wildman–Crippen LogP) is -4.95. The van der Waals surface area contributed by atoms with Gasteiger partial charge >= 0.3 is 0 Å². The molecule has 0 spiro atoms. The molecule has 3 aromatic carbocycles. The lowest BCUT2D eigenvalue weighted by molar-refractivity contribution is -0.308. The Balaban J connectivity index is 1.02.